The smallest absolute Gasteiger partial charge is 0.339 e. The minimum absolute atomic E-state index is 0.352. The molecule has 1 amide bonds. The Balaban J connectivity index is 3.00. The van der Waals surface area contributed by atoms with E-state index in [0.717, 1.165) is 24.5 Å². The Morgan fingerprint density at radius 2 is 1.60 bits per heavy atom. The molecule has 0 bridgehead atoms. The Morgan fingerprint density at radius 1 is 1.04 bits per heavy atom. The van der Waals surface area contributed by atoms with Crippen LogP contribution in [0.1, 0.15) is 45.1 Å². The van der Waals surface area contributed by atoms with Crippen LogP contribution in [0.3, 0.4) is 0 Å². The van der Waals surface area contributed by atoms with Crippen molar-refractivity contribution in [3.05, 3.63) is 53.6 Å². The van der Waals surface area contributed by atoms with Crippen LogP contribution in [-0.2, 0) is 4.79 Å². The second-order valence-corrected chi connectivity index (χ2v) is 5.85. The van der Waals surface area contributed by atoms with Crippen molar-refractivity contribution >= 4 is 12.0 Å². The molecule has 1 rings (SSSR count). The lowest BCUT2D eigenvalue weighted by atomic mass is 10.1. The predicted octanol–water partition coefficient (Wildman–Crippen LogP) is 5.62. The molecule has 0 radical (unpaired) electrons. The van der Waals surface area contributed by atoms with E-state index in [9.17, 15) is 18.0 Å². The van der Waals surface area contributed by atoms with E-state index >= 15 is 0 Å². The molecule has 0 atom stereocenters. The highest BCUT2D eigenvalue weighted by Gasteiger charge is 2.39. The van der Waals surface area contributed by atoms with Gasteiger partial charge in [0.05, 0.1) is 0 Å². The van der Waals surface area contributed by atoms with Crippen LogP contribution in [0.2, 0.25) is 0 Å². The maximum Gasteiger partial charge on any atom is 0.421 e. The molecule has 2 nitrogen and oxygen atoms in total. The van der Waals surface area contributed by atoms with Crippen LogP contribution in [0.4, 0.5) is 13.2 Å². The Labute approximate surface area is 148 Å². The number of nitrogens with zero attached hydrogens (tertiary/aromatic N) is 1. The van der Waals surface area contributed by atoms with Crippen LogP contribution >= 0.6 is 0 Å². The molecule has 5 heteroatoms. The third-order valence-electron chi connectivity index (χ3n) is 3.74. The number of unbranched alkanes of at least 4 members (excludes halogenated alkanes) is 2. The molecule has 0 heterocycles. The molecule has 25 heavy (non-hydrogen) atoms. The first kappa shape index (κ1) is 21.0. The van der Waals surface area contributed by atoms with Gasteiger partial charge in [0.25, 0.3) is 5.91 Å². The molecule has 1 aromatic rings. The van der Waals surface area contributed by atoms with E-state index in [1.807, 2.05) is 19.9 Å². The van der Waals surface area contributed by atoms with Gasteiger partial charge in [-0.1, -0.05) is 69.2 Å². The SMILES string of the molecule is CCCCN(CCCC)C(=O)/C(=C/C=C\c1ccccc1)C(F)(F)F. The Bertz CT molecular complexity index is 568. The lowest BCUT2D eigenvalue weighted by Gasteiger charge is -2.24. The van der Waals surface area contributed by atoms with Gasteiger partial charge in [-0.2, -0.15) is 13.2 Å². The van der Waals surface area contributed by atoms with Crippen LogP contribution in [0.5, 0.6) is 0 Å². The van der Waals surface area contributed by atoms with Gasteiger partial charge in [-0.3, -0.25) is 4.79 Å². The van der Waals surface area contributed by atoms with Gasteiger partial charge in [0.2, 0.25) is 0 Å². The van der Waals surface area contributed by atoms with Crippen LogP contribution in [0.25, 0.3) is 6.08 Å². The Morgan fingerprint density at radius 3 is 2.08 bits per heavy atom. The lowest BCUT2D eigenvalue weighted by Crippen LogP contribution is -2.37. The summed E-state index contributed by atoms with van der Waals surface area (Å²) < 4.78 is 40.1. The summed E-state index contributed by atoms with van der Waals surface area (Å²) in [5.41, 5.74) is -0.339. The molecule has 0 aliphatic heterocycles. The molecule has 0 N–H and O–H groups in total. The minimum Gasteiger partial charge on any atom is -0.339 e. The fourth-order valence-electron chi connectivity index (χ4n) is 2.29. The number of rotatable bonds is 9. The zero-order valence-electron chi connectivity index (χ0n) is 14.9. The van der Waals surface area contributed by atoms with Gasteiger partial charge < -0.3 is 4.90 Å². The molecule has 1 aromatic carbocycles. The number of carbonyl (C=O) groups is 1. The number of allylic oxidation sites excluding steroid dienone is 2. The predicted molar refractivity (Wildman–Crippen MR) is 96.0 cm³/mol. The van der Waals surface area contributed by atoms with E-state index in [1.165, 1.54) is 11.0 Å². The summed E-state index contributed by atoms with van der Waals surface area (Å²) in [6.45, 7) is 4.60. The highest BCUT2D eigenvalue weighted by Crippen LogP contribution is 2.28. The number of hydrogen-bond acceptors (Lipinski definition) is 1. The van der Waals surface area contributed by atoms with Crippen molar-refractivity contribution in [2.45, 2.75) is 45.7 Å². The molecular formula is C20H26F3NO. The zero-order chi connectivity index (χ0) is 18.7. The fraction of sp³-hybridized carbons (Fsp3) is 0.450. The van der Waals surface area contributed by atoms with Crippen LogP contribution in [0.15, 0.2) is 48.1 Å². The maximum atomic E-state index is 13.4. The second-order valence-electron chi connectivity index (χ2n) is 5.85. The van der Waals surface area contributed by atoms with Crippen molar-refractivity contribution in [1.29, 1.82) is 0 Å². The van der Waals surface area contributed by atoms with Crippen molar-refractivity contribution in [3.8, 4) is 0 Å². The second kappa shape index (κ2) is 10.7. The number of benzene rings is 1. The van der Waals surface area contributed by atoms with Crippen LogP contribution in [-0.4, -0.2) is 30.1 Å². The molecule has 0 aromatic heterocycles. The summed E-state index contributed by atoms with van der Waals surface area (Å²) in [6, 6.07) is 9.01. The molecule has 0 fully saturated rings. The molecule has 0 aliphatic carbocycles. The first-order valence-electron chi connectivity index (χ1n) is 8.70. The highest BCUT2D eigenvalue weighted by molar-refractivity contribution is 5.95. The van der Waals surface area contributed by atoms with Gasteiger partial charge in [0, 0.05) is 13.1 Å². The largest absolute Gasteiger partial charge is 0.421 e. The number of carbonyl (C=O) groups excluding carboxylic acids is 1. The summed E-state index contributed by atoms with van der Waals surface area (Å²) in [6.07, 6.45) is 2.09. The van der Waals surface area contributed by atoms with E-state index in [-0.39, 0.29) is 0 Å². The van der Waals surface area contributed by atoms with E-state index in [1.54, 1.807) is 30.3 Å². The van der Waals surface area contributed by atoms with Crippen molar-refractivity contribution in [2.24, 2.45) is 0 Å². The summed E-state index contributed by atoms with van der Waals surface area (Å²) in [4.78, 5) is 13.8. The van der Waals surface area contributed by atoms with Crippen molar-refractivity contribution in [3.63, 3.8) is 0 Å². The summed E-state index contributed by atoms with van der Waals surface area (Å²) in [7, 11) is 0. The lowest BCUT2D eigenvalue weighted by molar-refractivity contribution is -0.139. The fourth-order valence-corrected chi connectivity index (χ4v) is 2.29. The van der Waals surface area contributed by atoms with Crippen LogP contribution in [0, 0.1) is 0 Å². The van der Waals surface area contributed by atoms with Crippen molar-refractivity contribution in [2.75, 3.05) is 13.1 Å². The summed E-state index contributed by atoms with van der Waals surface area (Å²) >= 11 is 0. The summed E-state index contributed by atoms with van der Waals surface area (Å²) in [5, 5.41) is 0. The molecule has 138 valence electrons. The van der Waals surface area contributed by atoms with Gasteiger partial charge >= 0.3 is 6.18 Å². The van der Waals surface area contributed by atoms with Gasteiger partial charge in [-0.15, -0.1) is 0 Å². The van der Waals surface area contributed by atoms with Gasteiger partial charge in [0.15, 0.2) is 0 Å². The quantitative estimate of drug-likeness (QED) is 0.417. The van der Waals surface area contributed by atoms with Gasteiger partial charge in [-0.25, -0.2) is 0 Å². The van der Waals surface area contributed by atoms with E-state index in [4.69, 9.17) is 0 Å². The first-order valence-corrected chi connectivity index (χ1v) is 8.70. The minimum atomic E-state index is -4.67. The third-order valence-corrected chi connectivity index (χ3v) is 3.74. The molecule has 0 aliphatic rings. The Kier molecular flexibility index (Phi) is 9.03. The van der Waals surface area contributed by atoms with Crippen LogP contribution < -0.4 is 0 Å². The number of halogens is 3. The first-order chi connectivity index (χ1) is 11.9. The van der Waals surface area contributed by atoms with E-state index in [2.05, 4.69) is 0 Å². The topological polar surface area (TPSA) is 20.3 Å². The maximum absolute atomic E-state index is 13.4. The number of alkyl halides is 3. The average molecular weight is 353 g/mol. The molecule has 0 saturated heterocycles. The Hall–Kier alpha value is -2.04. The zero-order valence-corrected chi connectivity index (χ0v) is 14.9. The molecule has 0 saturated carbocycles. The molecular weight excluding hydrogens is 327 g/mol. The summed E-state index contributed by atoms with van der Waals surface area (Å²) in [5.74, 6) is -0.938. The number of hydrogen-bond donors (Lipinski definition) is 0. The normalized spacial score (nSPS) is 12.6. The van der Waals surface area contributed by atoms with E-state index in [0.29, 0.717) is 25.9 Å². The highest BCUT2D eigenvalue weighted by atomic mass is 19.4. The van der Waals surface area contributed by atoms with E-state index < -0.39 is 17.7 Å². The third kappa shape index (κ3) is 7.59. The van der Waals surface area contributed by atoms with Crippen molar-refractivity contribution < 1.29 is 18.0 Å². The standard InChI is InChI=1S/C20H26F3NO/c1-3-5-15-24(16-6-4-2)19(25)18(20(21,22)23)14-10-13-17-11-8-7-9-12-17/h7-14H,3-6,15-16H2,1-2H3/b13-10-,18-14-. The monoisotopic (exact) mass is 353 g/mol. The average Bonchev–Trinajstić information content (AvgIpc) is 2.58. The molecule has 0 spiro atoms. The van der Waals surface area contributed by atoms with Crippen molar-refractivity contribution in [1.82, 2.24) is 4.90 Å². The van der Waals surface area contributed by atoms with Gasteiger partial charge in [-0.05, 0) is 24.5 Å². The number of amides is 1. The van der Waals surface area contributed by atoms with Gasteiger partial charge in [0.1, 0.15) is 5.57 Å². The molecule has 0 unspecified atom stereocenters.